The lowest BCUT2D eigenvalue weighted by Gasteiger charge is -2.08. The molecule has 0 atom stereocenters. The van der Waals surface area contributed by atoms with Crippen molar-refractivity contribution in [1.82, 2.24) is 19.4 Å². The number of carbonyl (C=O) groups excluding carboxylic acids is 1. The van der Waals surface area contributed by atoms with Crippen molar-refractivity contribution in [3.8, 4) is 11.3 Å². The predicted molar refractivity (Wildman–Crippen MR) is 114 cm³/mol. The fourth-order valence-electron chi connectivity index (χ4n) is 3.48. The van der Waals surface area contributed by atoms with E-state index in [1.165, 1.54) is 17.0 Å². The Morgan fingerprint density at radius 2 is 1.83 bits per heavy atom. The average molecular weight is 386 g/mol. The molecule has 0 fully saturated rings. The van der Waals surface area contributed by atoms with Crippen molar-refractivity contribution in [3.05, 3.63) is 89.1 Å². The summed E-state index contributed by atoms with van der Waals surface area (Å²) in [6, 6.07) is 19.1. The quantitative estimate of drug-likeness (QED) is 0.554. The van der Waals surface area contributed by atoms with Crippen LogP contribution in [0.2, 0.25) is 0 Å². The number of amides is 1. The number of hydrogen-bond donors (Lipinski definition) is 1. The van der Waals surface area contributed by atoms with Crippen LogP contribution in [-0.2, 0) is 24.8 Å². The smallest absolute Gasteiger partial charge is 0.253 e. The molecular formula is C23H22N4O2. The minimum absolute atomic E-state index is 0.0664. The molecule has 0 radical (unpaired) electrons. The highest BCUT2D eigenvalue weighted by molar-refractivity contribution is 5.89. The van der Waals surface area contributed by atoms with E-state index in [9.17, 15) is 9.59 Å². The molecule has 1 amide bonds. The molecule has 0 saturated carbocycles. The second-order valence-corrected chi connectivity index (χ2v) is 6.98. The second kappa shape index (κ2) is 8.14. The molecule has 0 unspecified atom stereocenters. The fourth-order valence-corrected chi connectivity index (χ4v) is 3.48. The highest BCUT2D eigenvalue weighted by atomic mass is 16.1. The number of hydrogen-bond acceptors (Lipinski definition) is 3. The van der Waals surface area contributed by atoms with E-state index in [1.807, 2.05) is 72.4 Å². The van der Waals surface area contributed by atoms with Gasteiger partial charge >= 0.3 is 0 Å². The topological polar surface area (TPSA) is 68.9 Å². The summed E-state index contributed by atoms with van der Waals surface area (Å²) in [4.78, 5) is 29.1. The van der Waals surface area contributed by atoms with E-state index in [-0.39, 0.29) is 11.5 Å². The Hall–Kier alpha value is -3.67. The van der Waals surface area contributed by atoms with Gasteiger partial charge in [0.1, 0.15) is 0 Å². The van der Waals surface area contributed by atoms with Gasteiger partial charge in [-0.2, -0.15) is 0 Å². The van der Waals surface area contributed by atoms with Crippen LogP contribution in [-0.4, -0.2) is 26.6 Å². The number of fused-ring (bicyclic) bond motifs is 1. The molecule has 1 N–H and O–H groups in total. The number of aromatic nitrogens is 3. The Labute approximate surface area is 168 Å². The first-order valence-corrected chi connectivity index (χ1v) is 9.53. The van der Waals surface area contributed by atoms with Gasteiger partial charge in [-0.05, 0) is 11.6 Å². The van der Waals surface area contributed by atoms with E-state index in [4.69, 9.17) is 0 Å². The monoisotopic (exact) mass is 386 g/mol. The van der Waals surface area contributed by atoms with E-state index in [0.29, 0.717) is 25.2 Å². The Morgan fingerprint density at radius 1 is 1.07 bits per heavy atom. The number of nitrogens with one attached hydrogen (secondary N) is 1. The van der Waals surface area contributed by atoms with Gasteiger partial charge in [-0.1, -0.05) is 48.5 Å². The van der Waals surface area contributed by atoms with Gasteiger partial charge in [-0.3, -0.25) is 14.2 Å². The highest BCUT2D eigenvalue weighted by Gasteiger charge is 2.10. The molecule has 0 spiro atoms. The first kappa shape index (κ1) is 18.7. The third-order valence-electron chi connectivity index (χ3n) is 4.95. The molecule has 0 aliphatic heterocycles. The zero-order valence-electron chi connectivity index (χ0n) is 16.2. The van der Waals surface area contributed by atoms with Gasteiger partial charge in [0.25, 0.3) is 5.56 Å². The largest absolute Gasteiger partial charge is 0.354 e. The molecule has 4 rings (SSSR count). The molecule has 4 aromatic rings. The summed E-state index contributed by atoms with van der Waals surface area (Å²) in [6.07, 6.45) is 3.82. The standard InChI is InChI=1S/C23H22N4O2/c1-26-15-18(19-9-5-6-10-21(19)26)13-22(28)24-11-12-27-16-25-20(14-23(27)29)17-7-3-2-4-8-17/h2-10,14-16H,11-13H2,1H3,(H,24,28). The zero-order valence-corrected chi connectivity index (χ0v) is 16.2. The van der Waals surface area contributed by atoms with Crippen molar-refractivity contribution in [1.29, 1.82) is 0 Å². The SMILES string of the molecule is Cn1cc(CC(=O)NCCn2cnc(-c3ccccc3)cc2=O)c2ccccc21. The van der Waals surface area contributed by atoms with Crippen molar-refractivity contribution < 1.29 is 4.79 Å². The molecule has 0 aliphatic rings. The number of carbonyl (C=O) groups is 1. The number of aryl methyl sites for hydroxylation is 1. The molecule has 0 bridgehead atoms. The van der Waals surface area contributed by atoms with Gasteiger partial charge in [0, 0.05) is 48.9 Å². The van der Waals surface area contributed by atoms with E-state index < -0.39 is 0 Å². The van der Waals surface area contributed by atoms with Crippen LogP contribution >= 0.6 is 0 Å². The Morgan fingerprint density at radius 3 is 2.62 bits per heavy atom. The summed E-state index contributed by atoms with van der Waals surface area (Å²) in [7, 11) is 1.97. The average Bonchev–Trinajstić information content (AvgIpc) is 3.05. The van der Waals surface area contributed by atoms with E-state index in [2.05, 4.69) is 10.3 Å². The fraction of sp³-hybridized carbons (Fsp3) is 0.174. The molecule has 6 nitrogen and oxygen atoms in total. The lowest BCUT2D eigenvalue weighted by molar-refractivity contribution is -0.120. The number of rotatable bonds is 6. The van der Waals surface area contributed by atoms with Crippen LogP contribution in [0.15, 0.2) is 78.0 Å². The first-order valence-electron chi connectivity index (χ1n) is 9.53. The van der Waals surface area contributed by atoms with Gasteiger partial charge in [-0.15, -0.1) is 0 Å². The third-order valence-corrected chi connectivity index (χ3v) is 4.95. The molecule has 29 heavy (non-hydrogen) atoms. The number of benzene rings is 2. The van der Waals surface area contributed by atoms with Crippen molar-refractivity contribution >= 4 is 16.8 Å². The normalized spacial score (nSPS) is 10.9. The van der Waals surface area contributed by atoms with Crippen molar-refractivity contribution in [2.75, 3.05) is 6.54 Å². The molecule has 6 heteroatoms. The maximum absolute atomic E-state index is 12.4. The summed E-state index contributed by atoms with van der Waals surface area (Å²) in [5.74, 6) is -0.0664. The van der Waals surface area contributed by atoms with E-state index in [1.54, 1.807) is 0 Å². The van der Waals surface area contributed by atoms with Gasteiger partial charge in [0.15, 0.2) is 0 Å². The second-order valence-electron chi connectivity index (χ2n) is 6.98. The maximum Gasteiger partial charge on any atom is 0.253 e. The van der Waals surface area contributed by atoms with Crippen molar-refractivity contribution in [3.63, 3.8) is 0 Å². The predicted octanol–water partition coefficient (Wildman–Crippen LogP) is 2.76. The number of para-hydroxylation sites is 1. The Balaban J connectivity index is 1.36. The lowest BCUT2D eigenvalue weighted by Crippen LogP contribution is -2.31. The van der Waals surface area contributed by atoms with Crippen molar-refractivity contribution in [2.24, 2.45) is 7.05 Å². The molecule has 2 heterocycles. The van der Waals surface area contributed by atoms with Gasteiger partial charge in [-0.25, -0.2) is 4.98 Å². The van der Waals surface area contributed by atoms with Gasteiger partial charge in [0.05, 0.1) is 18.4 Å². The summed E-state index contributed by atoms with van der Waals surface area (Å²) in [5, 5.41) is 3.98. The van der Waals surface area contributed by atoms with E-state index in [0.717, 1.165) is 22.0 Å². The van der Waals surface area contributed by atoms with Crippen LogP contribution < -0.4 is 10.9 Å². The minimum atomic E-state index is -0.137. The van der Waals surface area contributed by atoms with Crippen LogP contribution in [0.3, 0.4) is 0 Å². The number of nitrogens with zero attached hydrogens (tertiary/aromatic N) is 3. The first-order chi connectivity index (χ1) is 14.1. The van der Waals surface area contributed by atoms with Gasteiger partial charge < -0.3 is 9.88 Å². The van der Waals surface area contributed by atoms with E-state index >= 15 is 0 Å². The summed E-state index contributed by atoms with van der Waals surface area (Å²) in [6.45, 7) is 0.748. The molecule has 2 aromatic heterocycles. The van der Waals surface area contributed by atoms with Crippen LogP contribution in [0.1, 0.15) is 5.56 Å². The summed E-state index contributed by atoms with van der Waals surface area (Å²) in [5.41, 5.74) is 3.51. The van der Waals surface area contributed by atoms with Crippen molar-refractivity contribution in [2.45, 2.75) is 13.0 Å². The lowest BCUT2D eigenvalue weighted by atomic mass is 10.1. The minimum Gasteiger partial charge on any atom is -0.354 e. The Kier molecular flexibility index (Phi) is 5.24. The molecule has 0 aliphatic carbocycles. The van der Waals surface area contributed by atoms with Gasteiger partial charge in [0.2, 0.25) is 5.91 Å². The maximum atomic E-state index is 12.4. The van der Waals surface area contributed by atoms with Crippen LogP contribution in [0.4, 0.5) is 0 Å². The summed E-state index contributed by atoms with van der Waals surface area (Å²) >= 11 is 0. The molecule has 0 saturated heterocycles. The summed E-state index contributed by atoms with van der Waals surface area (Å²) < 4.78 is 3.53. The van der Waals surface area contributed by atoms with Crippen LogP contribution in [0, 0.1) is 0 Å². The molecular weight excluding hydrogens is 364 g/mol. The third kappa shape index (κ3) is 4.11. The Bertz CT molecular complexity index is 1210. The highest BCUT2D eigenvalue weighted by Crippen LogP contribution is 2.20. The zero-order chi connectivity index (χ0) is 20.2. The molecule has 2 aromatic carbocycles. The molecule has 146 valence electrons. The van der Waals surface area contributed by atoms with Crippen LogP contribution in [0.5, 0.6) is 0 Å². The van der Waals surface area contributed by atoms with Crippen LogP contribution in [0.25, 0.3) is 22.2 Å².